The number of fused-ring (bicyclic) bond motifs is 1. The quantitative estimate of drug-likeness (QED) is 0.228. The van der Waals surface area contributed by atoms with Crippen molar-refractivity contribution in [3.63, 3.8) is 0 Å². The van der Waals surface area contributed by atoms with E-state index >= 15 is 0 Å². The normalized spacial score (nSPS) is 18.5. The van der Waals surface area contributed by atoms with Crippen molar-refractivity contribution >= 4 is 40.9 Å². The van der Waals surface area contributed by atoms with Crippen LogP contribution >= 0.6 is 11.6 Å². The molecule has 2 saturated heterocycles. The third kappa shape index (κ3) is 7.68. The first-order chi connectivity index (χ1) is 25.3. The Balaban J connectivity index is 1.06. The summed E-state index contributed by atoms with van der Waals surface area (Å²) in [4.78, 5) is 60.8. The average molecular weight is 719 g/mol. The molecule has 0 bridgehead atoms. The number of hydrogen-bond donors (Lipinski definition) is 3. The van der Waals surface area contributed by atoms with Gasteiger partial charge in [0.05, 0.1) is 12.7 Å². The van der Waals surface area contributed by atoms with E-state index in [2.05, 4.69) is 26.9 Å². The molecule has 3 aliphatic rings. The van der Waals surface area contributed by atoms with Gasteiger partial charge in [-0.2, -0.15) is 0 Å². The van der Waals surface area contributed by atoms with Crippen molar-refractivity contribution in [1.82, 2.24) is 25.8 Å². The monoisotopic (exact) mass is 718 g/mol. The molecule has 3 N–H and O–H groups in total. The van der Waals surface area contributed by atoms with Crippen molar-refractivity contribution in [3.05, 3.63) is 136 Å². The van der Waals surface area contributed by atoms with Crippen LogP contribution in [0.25, 0.3) is 0 Å². The minimum atomic E-state index is -0.911. The van der Waals surface area contributed by atoms with E-state index in [1.165, 1.54) is 5.56 Å². The highest BCUT2D eigenvalue weighted by Crippen LogP contribution is 2.39. The number of piperidine rings is 1. The molecule has 52 heavy (non-hydrogen) atoms. The standard InChI is InChI=1S/C41H43ClN6O4/c42-33-17-15-29(16-18-33)23-36(45-38(50)35-24-31-11-7-8-12-32(31)26-43-35)39(51)46-21-19-41(20-22-46)40(52)47(28-48(41)34-13-5-2-6-14-34)27-37(49)44-25-30-9-3-1-4-10-30/h1-18,35-36,43H,19-28H2,(H,44,49)(H,45,50)/t35-,36-/m1/s1. The molecule has 4 aromatic rings. The number of amides is 4. The molecule has 1 spiro atoms. The number of halogens is 1. The van der Waals surface area contributed by atoms with Crippen molar-refractivity contribution < 1.29 is 19.2 Å². The molecule has 4 aromatic carbocycles. The van der Waals surface area contributed by atoms with Gasteiger partial charge < -0.3 is 30.7 Å². The van der Waals surface area contributed by atoms with Gasteiger partial charge in [0.15, 0.2) is 0 Å². The molecule has 0 aliphatic carbocycles. The minimum Gasteiger partial charge on any atom is -0.350 e. The molecule has 3 heterocycles. The molecule has 3 aliphatic heterocycles. The fraction of sp³-hybridized carbons (Fsp3) is 0.317. The predicted molar refractivity (Wildman–Crippen MR) is 200 cm³/mol. The number of carbonyl (C=O) groups is 4. The molecule has 0 saturated carbocycles. The van der Waals surface area contributed by atoms with Crippen molar-refractivity contribution in [2.24, 2.45) is 0 Å². The molecular weight excluding hydrogens is 676 g/mol. The van der Waals surface area contributed by atoms with Gasteiger partial charge in [0.1, 0.15) is 18.1 Å². The first kappa shape index (κ1) is 35.2. The van der Waals surface area contributed by atoms with Gasteiger partial charge in [0, 0.05) is 43.3 Å². The predicted octanol–water partition coefficient (Wildman–Crippen LogP) is 4.07. The first-order valence-electron chi connectivity index (χ1n) is 17.9. The van der Waals surface area contributed by atoms with Crippen LogP contribution in [0.2, 0.25) is 5.02 Å². The second kappa shape index (κ2) is 15.6. The van der Waals surface area contributed by atoms with Gasteiger partial charge in [0.25, 0.3) is 5.91 Å². The summed E-state index contributed by atoms with van der Waals surface area (Å²) in [6.45, 7) is 1.81. The highest BCUT2D eigenvalue weighted by molar-refractivity contribution is 6.30. The third-order valence-corrected chi connectivity index (χ3v) is 10.8. The summed E-state index contributed by atoms with van der Waals surface area (Å²) < 4.78 is 0. The third-order valence-electron chi connectivity index (χ3n) is 10.5. The van der Waals surface area contributed by atoms with E-state index < -0.39 is 17.6 Å². The van der Waals surface area contributed by atoms with Gasteiger partial charge >= 0.3 is 0 Å². The van der Waals surface area contributed by atoms with Crippen molar-refractivity contribution in [3.8, 4) is 0 Å². The maximum Gasteiger partial charge on any atom is 0.250 e. The fourth-order valence-corrected chi connectivity index (χ4v) is 7.76. The van der Waals surface area contributed by atoms with Crippen LogP contribution in [0, 0.1) is 0 Å². The van der Waals surface area contributed by atoms with Crippen LogP contribution in [0.5, 0.6) is 0 Å². The zero-order valence-electron chi connectivity index (χ0n) is 29.0. The van der Waals surface area contributed by atoms with E-state index in [1.54, 1.807) is 21.9 Å². The van der Waals surface area contributed by atoms with E-state index in [0.29, 0.717) is 56.9 Å². The molecule has 11 heteroatoms. The second-order valence-corrected chi connectivity index (χ2v) is 14.3. The summed E-state index contributed by atoms with van der Waals surface area (Å²) >= 11 is 6.16. The summed E-state index contributed by atoms with van der Waals surface area (Å²) in [5.74, 6) is -0.763. The maximum absolute atomic E-state index is 14.3. The van der Waals surface area contributed by atoms with E-state index in [9.17, 15) is 19.2 Å². The number of carbonyl (C=O) groups excluding carboxylic acids is 4. The Labute approximate surface area is 309 Å². The number of benzene rings is 4. The molecule has 268 valence electrons. The average Bonchev–Trinajstić information content (AvgIpc) is 3.44. The molecule has 4 amide bonds. The van der Waals surface area contributed by atoms with Crippen LogP contribution < -0.4 is 20.9 Å². The lowest BCUT2D eigenvalue weighted by molar-refractivity contribution is -0.141. The van der Waals surface area contributed by atoms with E-state index in [-0.39, 0.29) is 36.8 Å². The SMILES string of the molecule is O=C(CN1CN(c2ccccc2)C2(CCN(C(=O)[C@@H](Cc3ccc(Cl)cc3)NC(=O)[C@H]3Cc4ccccc4CN3)CC2)C1=O)NCc1ccccc1. The van der Waals surface area contributed by atoms with Crippen molar-refractivity contribution in [2.45, 2.75) is 56.4 Å². The highest BCUT2D eigenvalue weighted by atomic mass is 35.5. The number of nitrogens with one attached hydrogen (secondary N) is 3. The Hall–Kier alpha value is -5.19. The van der Waals surface area contributed by atoms with Crippen molar-refractivity contribution in [2.75, 3.05) is 31.2 Å². The fourth-order valence-electron chi connectivity index (χ4n) is 7.63. The number of para-hydroxylation sites is 1. The molecule has 2 fully saturated rings. The lowest BCUT2D eigenvalue weighted by Crippen LogP contribution is -2.60. The summed E-state index contributed by atoms with van der Waals surface area (Å²) in [6, 6.07) is 33.5. The molecule has 10 nitrogen and oxygen atoms in total. The van der Waals surface area contributed by atoms with Crippen LogP contribution in [0.1, 0.15) is 35.1 Å². The van der Waals surface area contributed by atoms with Gasteiger partial charge in [-0.1, -0.05) is 96.5 Å². The smallest absolute Gasteiger partial charge is 0.250 e. The Morgan fingerprint density at radius 1 is 0.827 bits per heavy atom. The topological polar surface area (TPSA) is 114 Å². The molecule has 2 atom stereocenters. The van der Waals surface area contributed by atoms with Gasteiger partial charge in [-0.15, -0.1) is 0 Å². The van der Waals surface area contributed by atoms with Crippen LogP contribution in [0.4, 0.5) is 5.69 Å². The minimum absolute atomic E-state index is 0.0612. The molecule has 0 unspecified atom stereocenters. The highest BCUT2D eigenvalue weighted by Gasteiger charge is 2.54. The number of anilines is 1. The van der Waals surface area contributed by atoms with Crippen LogP contribution in [-0.2, 0) is 45.1 Å². The van der Waals surface area contributed by atoms with Gasteiger partial charge in [0.2, 0.25) is 17.7 Å². The number of nitrogens with zero attached hydrogens (tertiary/aromatic N) is 3. The second-order valence-electron chi connectivity index (χ2n) is 13.8. The first-order valence-corrected chi connectivity index (χ1v) is 18.2. The largest absolute Gasteiger partial charge is 0.350 e. The Morgan fingerprint density at radius 3 is 2.19 bits per heavy atom. The number of hydrogen-bond acceptors (Lipinski definition) is 6. The summed E-state index contributed by atoms with van der Waals surface area (Å²) in [6.07, 6.45) is 1.61. The number of likely N-dealkylation sites (tertiary alicyclic amines) is 1. The summed E-state index contributed by atoms with van der Waals surface area (Å²) in [5.41, 5.74) is 4.12. The molecule has 0 aromatic heterocycles. The van der Waals surface area contributed by atoms with Crippen LogP contribution in [0.3, 0.4) is 0 Å². The van der Waals surface area contributed by atoms with E-state index in [1.807, 2.05) is 91.0 Å². The summed E-state index contributed by atoms with van der Waals surface area (Å²) in [7, 11) is 0. The van der Waals surface area contributed by atoms with Gasteiger partial charge in [-0.3, -0.25) is 19.2 Å². The Morgan fingerprint density at radius 2 is 1.48 bits per heavy atom. The molecular formula is C41H43ClN6O4. The molecule has 0 radical (unpaired) electrons. The number of rotatable bonds is 10. The Bertz CT molecular complexity index is 1900. The zero-order valence-corrected chi connectivity index (χ0v) is 29.7. The van der Waals surface area contributed by atoms with Crippen molar-refractivity contribution in [1.29, 1.82) is 0 Å². The van der Waals surface area contributed by atoms with Gasteiger partial charge in [-0.05, 0) is 65.8 Å². The van der Waals surface area contributed by atoms with E-state index in [4.69, 9.17) is 11.6 Å². The zero-order chi connectivity index (χ0) is 36.1. The van der Waals surface area contributed by atoms with Crippen LogP contribution in [-0.4, -0.2) is 77.4 Å². The Kier molecular flexibility index (Phi) is 10.6. The maximum atomic E-state index is 14.3. The van der Waals surface area contributed by atoms with Crippen LogP contribution in [0.15, 0.2) is 109 Å². The lowest BCUT2D eigenvalue weighted by Gasteiger charge is -2.44. The lowest BCUT2D eigenvalue weighted by atomic mass is 9.85. The van der Waals surface area contributed by atoms with Gasteiger partial charge in [-0.25, -0.2) is 0 Å². The molecule has 7 rings (SSSR count). The van der Waals surface area contributed by atoms with E-state index in [0.717, 1.165) is 22.4 Å². The summed E-state index contributed by atoms with van der Waals surface area (Å²) in [5, 5.41) is 9.95.